The highest BCUT2D eigenvalue weighted by Crippen LogP contribution is 2.24. The van der Waals surface area contributed by atoms with E-state index in [1.165, 1.54) is 5.56 Å². The highest BCUT2D eigenvalue weighted by molar-refractivity contribution is 6.01. The number of hydrogen-bond donors (Lipinski definition) is 1. The molecule has 0 bridgehead atoms. The number of carbonyl (C=O) groups is 2. The molecule has 0 unspecified atom stereocenters. The van der Waals surface area contributed by atoms with E-state index in [4.69, 9.17) is 4.42 Å². The van der Waals surface area contributed by atoms with Crippen molar-refractivity contribution in [1.29, 1.82) is 0 Å². The Morgan fingerprint density at radius 1 is 1.18 bits per heavy atom. The number of carbonyl (C=O) groups excluding carboxylic acids is 2. The number of aromatic nitrogens is 1. The topological polar surface area (TPSA) is 75.4 Å². The summed E-state index contributed by atoms with van der Waals surface area (Å²) in [5, 5.41) is 2.81. The van der Waals surface area contributed by atoms with Gasteiger partial charge in [-0.15, -0.1) is 0 Å². The molecule has 1 aliphatic heterocycles. The molecule has 2 aromatic carbocycles. The number of rotatable bonds is 4. The van der Waals surface area contributed by atoms with Crippen molar-refractivity contribution in [3.8, 4) is 0 Å². The Morgan fingerprint density at radius 3 is 2.75 bits per heavy atom. The summed E-state index contributed by atoms with van der Waals surface area (Å²) in [6.07, 6.45) is 1.54. The number of benzene rings is 2. The molecule has 3 aromatic rings. The molecule has 0 aliphatic carbocycles. The fourth-order valence-electron chi connectivity index (χ4n) is 3.52. The average Bonchev–Trinajstić information content (AvgIpc) is 3.11. The molecule has 6 nitrogen and oxygen atoms in total. The van der Waals surface area contributed by atoms with Crippen LogP contribution in [0.2, 0.25) is 0 Å². The van der Waals surface area contributed by atoms with Gasteiger partial charge in [0, 0.05) is 25.1 Å². The third-order valence-corrected chi connectivity index (χ3v) is 5.25. The van der Waals surface area contributed by atoms with Crippen molar-refractivity contribution in [2.24, 2.45) is 0 Å². The van der Waals surface area contributed by atoms with E-state index in [1.807, 2.05) is 18.2 Å². The van der Waals surface area contributed by atoms with E-state index in [9.17, 15) is 9.59 Å². The van der Waals surface area contributed by atoms with Crippen molar-refractivity contribution in [2.45, 2.75) is 32.2 Å². The Bertz CT molecular complexity index is 1020. The molecule has 1 fully saturated rings. The molecule has 0 radical (unpaired) electrons. The second-order valence-corrected chi connectivity index (χ2v) is 7.55. The summed E-state index contributed by atoms with van der Waals surface area (Å²) in [4.78, 5) is 31.3. The molecule has 28 heavy (non-hydrogen) atoms. The quantitative estimate of drug-likeness (QED) is 0.758. The van der Waals surface area contributed by atoms with Gasteiger partial charge in [0.15, 0.2) is 11.5 Å². The molecule has 0 atom stereocenters. The van der Waals surface area contributed by atoms with Gasteiger partial charge in [-0.25, -0.2) is 4.98 Å². The first-order chi connectivity index (χ1) is 13.4. The van der Waals surface area contributed by atoms with Gasteiger partial charge >= 0.3 is 0 Å². The lowest BCUT2D eigenvalue weighted by atomic mass is 9.97. The smallest absolute Gasteiger partial charge is 0.254 e. The number of hydrogen-bond acceptors (Lipinski definition) is 4. The van der Waals surface area contributed by atoms with Crippen molar-refractivity contribution in [3.63, 3.8) is 0 Å². The molecule has 1 aliphatic rings. The third kappa shape index (κ3) is 3.38. The average molecular weight is 377 g/mol. The van der Waals surface area contributed by atoms with Gasteiger partial charge in [-0.05, 0) is 44.0 Å². The van der Waals surface area contributed by atoms with Crippen LogP contribution in [0.15, 0.2) is 52.9 Å². The summed E-state index contributed by atoms with van der Waals surface area (Å²) in [5.41, 5.74) is 2.18. The van der Waals surface area contributed by atoms with Gasteiger partial charge < -0.3 is 14.6 Å². The first-order valence-electron chi connectivity index (χ1n) is 9.49. The van der Waals surface area contributed by atoms with Crippen LogP contribution in [0, 0.1) is 0 Å². The Labute approximate surface area is 163 Å². The van der Waals surface area contributed by atoms with Crippen molar-refractivity contribution < 1.29 is 14.0 Å². The number of oxazole rings is 1. The third-order valence-electron chi connectivity index (χ3n) is 5.25. The van der Waals surface area contributed by atoms with Gasteiger partial charge in [-0.1, -0.05) is 30.3 Å². The standard InChI is InChI=1S/C22H23N3O3/c1-22(2)21(27)23-12-13-25(22)20(26)16-9-10-18-17(14-16)24-19(28-18)11-8-15-6-4-3-5-7-15/h3-7,9-10,14H,8,11-13H2,1-2H3,(H,23,27). The van der Waals surface area contributed by atoms with Gasteiger partial charge in [0.2, 0.25) is 5.91 Å². The van der Waals surface area contributed by atoms with E-state index in [1.54, 1.807) is 36.9 Å². The first kappa shape index (κ1) is 18.2. The van der Waals surface area contributed by atoms with Crippen LogP contribution in [0.4, 0.5) is 0 Å². The van der Waals surface area contributed by atoms with Crippen LogP contribution in [0.3, 0.4) is 0 Å². The minimum absolute atomic E-state index is 0.141. The van der Waals surface area contributed by atoms with Crippen molar-refractivity contribution in [3.05, 3.63) is 65.5 Å². The Morgan fingerprint density at radius 2 is 1.96 bits per heavy atom. The zero-order chi connectivity index (χ0) is 19.7. The molecule has 1 aromatic heterocycles. The molecular weight excluding hydrogens is 354 g/mol. The number of nitrogens with zero attached hydrogens (tertiary/aromatic N) is 2. The van der Waals surface area contributed by atoms with Gasteiger partial charge in [0.05, 0.1) is 0 Å². The van der Waals surface area contributed by atoms with Crippen molar-refractivity contribution >= 4 is 22.9 Å². The van der Waals surface area contributed by atoms with Crippen LogP contribution < -0.4 is 5.32 Å². The Hall–Kier alpha value is -3.15. The summed E-state index contributed by atoms with van der Waals surface area (Å²) >= 11 is 0. The number of aryl methyl sites for hydroxylation is 2. The second kappa shape index (κ2) is 7.11. The first-order valence-corrected chi connectivity index (χ1v) is 9.49. The van der Waals surface area contributed by atoms with E-state index in [0.717, 1.165) is 6.42 Å². The summed E-state index contributed by atoms with van der Waals surface area (Å²) in [6, 6.07) is 15.4. The number of fused-ring (bicyclic) bond motifs is 1. The fourth-order valence-corrected chi connectivity index (χ4v) is 3.52. The van der Waals surface area contributed by atoms with E-state index in [0.29, 0.717) is 42.1 Å². The fraction of sp³-hybridized carbons (Fsp3) is 0.318. The van der Waals surface area contributed by atoms with Crippen LogP contribution in [-0.4, -0.2) is 40.3 Å². The molecule has 6 heteroatoms. The Kier molecular flexibility index (Phi) is 4.63. The molecule has 2 heterocycles. The van der Waals surface area contributed by atoms with Crippen LogP contribution in [-0.2, 0) is 17.6 Å². The van der Waals surface area contributed by atoms with Crippen molar-refractivity contribution in [2.75, 3.05) is 13.1 Å². The predicted octanol–water partition coefficient (Wildman–Crippen LogP) is 2.96. The largest absolute Gasteiger partial charge is 0.441 e. The summed E-state index contributed by atoms with van der Waals surface area (Å²) in [6.45, 7) is 4.46. The summed E-state index contributed by atoms with van der Waals surface area (Å²) in [5.74, 6) is 0.342. The molecular formula is C22H23N3O3. The second-order valence-electron chi connectivity index (χ2n) is 7.55. The molecule has 1 saturated heterocycles. The normalized spacial score (nSPS) is 16.2. The van der Waals surface area contributed by atoms with Crippen molar-refractivity contribution in [1.82, 2.24) is 15.2 Å². The number of nitrogens with one attached hydrogen (secondary N) is 1. The van der Waals surface area contributed by atoms with Crippen LogP contribution in [0.1, 0.15) is 35.7 Å². The SMILES string of the molecule is CC1(C)C(=O)NCCN1C(=O)c1ccc2oc(CCc3ccccc3)nc2c1. The molecule has 0 saturated carbocycles. The predicted molar refractivity (Wildman–Crippen MR) is 106 cm³/mol. The van der Waals surface area contributed by atoms with E-state index in [2.05, 4.69) is 22.4 Å². The molecule has 144 valence electrons. The zero-order valence-electron chi connectivity index (χ0n) is 16.1. The minimum Gasteiger partial charge on any atom is -0.441 e. The van der Waals surface area contributed by atoms with Gasteiger partial charge in [-0.2, -0.15) is 0 Å². The Balaban J connectivity index is 1.54. The lowest BCUT2D eigenvalue weighted by Gasteiger charge is -2.41. The van der Waals surface area contributed by atoms with E-state index >= 15 is 0 Å². The van der Waals surface area contributed by atoms with E-state index < -0.39 is 5.54 Å². The summed E-state index contributed by atoms with van der Waals surface area (Å²) in [7, 11) is 0. The highest BCUT2D eigenvalue weighted by atomic mass is 16.3. The highest BCUT2D eigenvalue weighted by Gasteiger charge is 2.40. The minimum atomic E-state index is -0.880. The maximum atomic E-state index is 13.0. The number of piperazine rings is 1. The molecule has 1 N–H and O–H groups in total. The molecule has 2 amide bonds. The maximum Gasteiger partial charge on any atom is 0.254 e. The summed E-state index contributed by atoms with van der Waals surface area (Å²) < 4.78 is 5.83. The number of amides is 2. The lowest BCUT2D eigenvalue weighted by molar-refractivity contribution is -0.133. The van der Waals surface area contributed by atoms with Crippen LogP contribution >= 0.6 is 0 Å². The van der Waals surface area contributed by atoms with Crippen LogP contribution in [0.25, 0.3) is 11.1 Å². The zero-order valence-corrected chi connectivity index (χ0v) is 16.1. The molecule has 0 spiro atoms. The van der Waals surface area contributed by atoms with Gasteiger partial charge in [-0.3, -0.25) is 9.59 Å². The van der Waals surface area contributed by atoms with Gasteiger partial charge in [0.1, 0.15) is 11.1 Å². The lowest BCUT2D eigenvalue weighted by Crippen LogP contribution is -2.63. The van der Waals surface area contributed by atoms with Gasteiger partial charge in [0.25, 0.3) is 5.91 Å². The van der Waals surface area contributed by atoms with Crippen LogP contribution in [0.5, 0.6) is 0 Å². The van der Waals surface area contributed by atoms with E-state index in [-0.39, 0.29) is 11.8 Å². The molecule has 4 rings (SSSR count). The maximum absolute atomic E-state index is 13.0. The monoisotopic (exact) mass is 377 g/mol.